The summed E-state index contributed by atoms with van der Waals surface area (Å²) in [6, 6.07) is 1.05. The van der Waals surface area contributed by atoms with Gasteiger partial charge in [-0.3, -0.25) is 0 Å². The Kier molecular flexibility index (Phi) is 8.08. The van der Waals surface area contributed by atoms with Crippen LogP contribution in [0.3, 0.4) is 0 Å². The van der Waals surface area contributed by atoms with E-state index < -0.39 is 8.56 Å². The first-order valence-corrected chi connectivity index (χ1v) is 8.24. The van der Waals surface area contributed by atoms with Crippen LogP contribution in [-0.4, -0.2) is 40.8 Å². The van der Waals surface area contributed by atoms with E-state index in [1.165, 1.54) is 0 Å². The maximum absolute atomic E-state index is 5.39. The summed E-state index contributed by atoms with van der Waals surface area (Å²) in [6.45, 7) is 2.88. The van der Waals surface area contributed by atoms with Crippen molar-refractivity contribution in [3.05, 3.63) is 0 Å². The van der Waals surface area contributed by atoms with Crippen molar-refractivity contribution < 1.29 is 8.85 Å². The lowest BCUT2D eigenvalue weighted by Gasteiger charge is -2.22. The van der Waals surface area contributed by atoms with E-state index in [2.05, 4.69) is 6.55 Å². The molecule has 0 aromatic carbocycles. The molecule has 13 heavy (non-hydrogen) atoms. The fourth-order valence-electron chi connectivity index (χ4n) is 0.832. The molecular weight excluding hydrogens is 202 g/mol. The number of thioether (sulfide) groups is 1. The Hall–Kier alpha value is 0.447. The number of nitrogens with two attached hydrogens (primary N) is 1. The molecule has 0 aliphatic rings. The van der Waals surface area contributed by atoms with E-state index in [0.29, 0.717) is 0 Å². The van der Waals surface area contributed by atoms with Crippen LogP contribution >= 0.6 is 11.8 Å². The average Bonchev–Trinajstić information content (AvgIpc) is 2.17. The fourth-order valence-corrected chi connectivity index (χ4v) is 4.04. The van der Waals surface area contributed by atoms with Crippen LogP contribution in [0.25, 0.3) is 0 Å². The minimum absolute atomic E-state index is 0.788. The molecule has 0 radical (unpaired) electrons. The third kappa shape index (κ3) is 6.51. The van der Waals surface area contributed by atoms with Crippen LogP contribution in [0.5, 0.6) is 0 Å². The number of hydrogen-bond donors (Lipinski definition) is 1. The summed E-state index contributed by atoms with van der Waals surface area (Å²) < 4.78 is 10.7. The van der Waals surface area contributed by atoms with Crippen molar-refractivity contribution in [1.82, 2.24) is 0 Å². The Morgan fingerprint density at radius 3 is 2.31 bits per heavy atom. The second-order valence-electron chi connectivity index (χ2n) is 3.05. The van der Waals surface area contributed by atoms with Crippen molar-refractivity contribution in [2.24, 2.45) is 5.73 Å². The second-order valence-corrected chi connectivity index (χ2v) is 7.86. The van der Waals surface area contributed by atoms with Gasteiger partial charge in [-0.2, -0.15) is 11.8 Å². The summed E-state index contributed by atoms with van der Waals surface area (Å²) in [5.74, 6) is 2.26. The minimum atomic E-state index is -1.81. The molecule has 5 heteroatoms. The molecule has 0 aromatic heterocycles. The lowest BCUT2D eigenvalue weighted by molar-refractivity contribution is 0.251. The molecule has 0 aromatic rings. The monoisotopic (exact) mass is 223 g/mol. The maximum atomic E-state index is 5.39. The molecule has 0 spiro atoms. The molecule has 0 aliphatic carbocycles. The van der Waals surface area contributed by atoms with E-state index in [9.17, 15) is 0 Å². The van der Waals surface area contributed by atoms with Gasteiger partial charge in [0.1, 0.15) is 0 Å². The van der Waals surface area contributed by atoms with Crippen LogP contribution in [0.1, 0.15) is 6.42 Å². The Morgan fingerprint density at radius 2 is 1.85 bits per heavy atom. The van der Waals surface area contributed by atoms with Crippen molar-refractivity contribution >= 4 is 20.3 Å². The molecule has 0 aliphatic heterocycles. The molecule has 0 fully saturated rings. The lowest BCUT2D eigenvalue weighted by Crippen LogP contribution is -2.36. The SMILES string of the molecule is CO[Si](C)(CCSCCCN)OC. The highest BCUT2D eigenvalue weighted by molar-refractivity contribution is 7.99. The van der Waals surface area contributed by atoms with Gasteiger partial charge in [0, 0.05) is 14.2 Å². The molecule has 0 saturated heterocycles. The highest BCUT2D eigenvalue weighted by atomic mass is 32.2. The normalized spacial score (nSPS) is 12.0. The first-order valence-electron chi connectivity index (χ1n) is 4.56. The smallest absolute Gasteiger partial charge is 0.335 e. The van der Waals surface area contributed by atoms with Gasteiger partial charge in [-0.25, -0.2) is 0 Å². The zero-order chi connectivity index (χ0) is 10.2. The average molecular weight is 223 g/mol. The van der Waals surface area contributed by atoms with Gasteiger partial charge in [0.05, 0.1) is 0 Å². The van der Waals surface area contributed by atoms with Crippen molar-refractivity contribution in [3.63, 3.8) is 0 Å². The predicted octanol–water partition coefficient (Wildman–Crippen LogP) is 1.43. The van der Waals surface area contributed by atoms with Crippen LogP contribution in [0.4, 0.5) is 0 Å². The molecule has 0 unspecified atom stereocenters. The van der Waals surface area contributed by atoms with Gasteiger partial charge in [0.2, 0.25) is 0 Å². The summed E-state index contributed by atoms with van der Waals surface area (Å²) in [5, 5.41) is 0. The molecule has 0 heterocycles. The van der Waals surface area contributed by atoms with Gasteiger partial charge in [0.15, 0.2) is 0 Å². The standard InChI is InChI=1S/C8H21NO2SSi/c1-10-13(3,11-2)8-7-12-6-4-5-9/h4-9H2,1-3H3. The third-order valence-corrected chi connectivity index (χ3v) is 6.37. The van der Waals surface area contributed by atoms with Gasteiger partial charge in [0.25, 0.3) is 0 Å². The van der Waals surface area contributed by atoms with Gasteiger partial charge in [-0.1, -0.05) is 0 Å². The molecular formula is C8H21NO2SSi. The van der Waals surface area contributed by atoms with Crippen LogP contribution in [0, 0.1) is 0 Å². The van der Waals surface area contributed by atoms with E-state index in [-0.39, 0.29) is 0 Å². The Morgan fingerprint density at radius 1 is 1.23 bits per heavy atom. The van der Waals surface area contributed by atoms with Crippen molar-refractivity contribution in [3.8, 4) is 0 Å². The zero-order valence-electron chi connectivity index (χ0n) is 8.84. The minimum Gasteiger partial charge on any atom is -0.398 e. The van der Waals surface area contributed by atoms with E-state index >= 15 is 0 Å². The van der Waals surface area contributed by atoms with Crippen molar-refractivity contribution in [1.29, 1.82) is 0 Å². The van der Waals surface area contributed by atoms with E-state index in [1.54, 1.807) is 14.2 Å². The Labute approximate surface area is 86.6 Å². The molecule has 0 rings (SSSR count). The first kappa shape index (κ1) is 13.4. The largest absolute Gasteiger partial charge is 0.398 e. The van der Waals surface area contributed by atoms with Gasteiger partial charge >= 0.3 is 8.56 Å². The zero-order valence-corrected chi connectivity index (χ0v) is 10.7. The summed E-state index contributed by atoms with van der Waals surface area (Å²) in [4.78, 5) is 0. The molecule has 80 valence electrons. The predicted molar refractivity (Wildman–Crippen MR) is 61.4 cm³/mol. The Bertz CT molecular complexity index is 123. The number of hydrogen-bond acceptors (Lipinski definition) is 4. The van der Waals surface area contributed by atoms with E-state index in [4.69, 9.17) is 14.6 Å². The number of rotatable bonds is 8. The quantitative estimate of drug-likeness (QED) is 0.499. The van der Waals surface area contributed by atoms with Gasteiger partial charge in [-0.15, -0.1) is 0 Å². The fraction of sp³-hybridized carbons (Fsp3) is 1.00. The van der Waals surface area contributed by atoms with Gasteiger partial charge < -0.3 is 14.6 Å². The van der Waals surface area contributed by atoms with Crippen LogP contribution < -0.4 is 5.73 Å². The molecule has 0 amide bonds. The van der Waals surface area contributed by atoms with Crippen molar-refractivity contribution in [2.45, 2.75) is 19.0 Å². The molecule has 2 N–H and O–H groups in total. The highest BCUT2D eigenvalue weighted by Gasteiger charge is 2.27. The van der Waals surface area contributed by atoms with Gasteiger partial charge in [-0.05, 0) is 37.1 Å². The summed E-state index contributed by atoms with van der Waals surface area (Å²) >= 11 is 1.93. The second kappa shape index (κ2) is 7.81. The van der Waals surface area contributed by atoms with Crippen LogP contribution in [0.2, 0.25) is 12.6 Å². The van der Waals surface area contributed by atoms with Crippen LogP contribution in [-0.2, 0) is 8.85 Å². The first-order chi connectivity index (χ1) is 6.18. The van der Waals surface area contributed by atoms with Crippen molar-refractivity contribution in [2.75, 3.05) is 32.3 Å². The summed E-state index contributed by atoms with van der Waals surface area (Å²) in [5.41, 5.74) is 5.39. The third-order valence-electron chi connectivity index (χ3n) is 2.06. The topological polar surface area (TPSA) is 44.5 Å². The molecule has 0 bridgehead atoms. The Balaban J connectivity index is 3.39. The van der Waals surface area contributed by atoms with E-state index in [0.717, 1.165) is 30.5 Å². The lowest BCUT2D eigenvalue weighted by atomic mass is 10.5. The molecule has 0 saturated carbocycles. The molecule has 0 atom stereocenters. The summed E-state index contributed by atoms with van der Waals surface area (Å²) in [7, 11) is 1.66. The summed E-state index contributed by atoms with van der Waals surface area (Å²) in [6.07, 6.45) is 1.10. The van der Waals surface area contributed by atoms with Crippen LogP contribution in [0.15, 0.2) is 0 Å². The van der Waals surface area contributed by atoms with E-state index in [1.807, 2.05) is 11.8 Å². The highest BCUT2D eigenvalue weighted by Crippen LogP contribution is 2.15. The maximum Gasteiger partial charge on any atom is 0.335 e. The molecule has 3 nitrogen and oxygen atoms in total.